The molecule has 1 N–H and O–H groups in total. The van der Waals surface area contributed by atoms with Gasteiger partial charge in [0.1, 0.15) is 0 Å². The third-order valence-corrected chi connectivity index (χ3v) is 5.68. The van der Waals surface area contributed by atoms with Crippen LogP contribution in [0.1, 0.15) is 26.3 Å². The van der Waals surface area contributed by atoms with E-state index in [-0.39, 0.29) is 11.3 Å². The van der Waals surface area contributed by atoms with Crippen molar-refractivity contribution in [3.63, 3.8) is 0 Å². The van der Waals surface area contributed by atoms with Crippen molar-refractivity contribution < 1.29 is 14.7 Å². The monoisotopic (exact) mass is 348 g/mol. The molecule has 0 saturated heterocycles. The molecule has 0 unspecified atom stereocenters. The molecule has 0 aromatic heterocycles. The van der Waals surface area contributed by atoms with Gasteiger partial charge in [-0.2, -0.15) is 0 Å². The average molecular weight is 348 g/mol. The maximum Gasteiger partial charge on any atom is 0.336 e. The molecule has 0 heterocycles. The second-order valence-corrected chi connectivity index (χ2v) is 7.02. The number of ketones is 1. The second-order valence-electron chi connectivity index (χ2n) is 7.02. The SMILES string of the molecule is O=C(O)c1cc2cccc3c2c2c1ccc1c4ccccc4cc(c12)C3=O. The van der Waals surface area contributed by atoms with Crippen LogP contribution in [0.15, 0.2) is 66.7 Å². The molecule has 3 heteroatoms. The molecule has 0 fully saturated rings. The highest BCUT2D eigenvalue weighted by atomic mass is 16.4. The molecular formula is C24H12O3. The van der Waals surface area contributed by atoms with E-state index in [1.54, 1.807) is 6.07 Å². The van der Waals surface area contributed by atoms with Gasteiger partial charge in [-0.3, -0.25) is 4.79 Å². The van der Waals surface area contributed by atoms with E-state index in [0.29, 0.717) is 16.5 Å². The minimum absolute atomic E-state index is 0.000530. The molecule has 27 heavy (non-hydrogen) atoms. The van der Waals surface area contributed by atoms with E-state index < -0.39 is 5.97 Å². The number of carbonyl (C=O) groups excluding carboxylic acids is 1. The zero-order valence-corrected chi connectivity index (χ0v) is 14.1. The third kappa shape index (κ3) is 1.66. The van der Waals surface area contributed by atoms with Crippen LogP contribution >= 0.6 is 0 Å². The van der Waals surface area contributed by atoms with E-state index in [2.05, 4.69) is 0 Å². The van der Waals surface area contributed by atoms with Gasteiger partial charge in [-0.1, -0.05) is 54.6 Å². The van der Waals surface area contributed by atoms with Crippen molar-refractivity contribution >= 4 is 54.8 Å². The fourth-order valence-corrected chi connectivity index (χ4v) is 4.58. The van der Waals surface area contributed by atoms with Gasteiger partial charge < -0.3 is 5.11 Å². The highest BCUT2D eigenvalue weighted by Crippen LogP contribution is 2.44. The van der Waals surface area contributed by atoms with Crippen LogP contribution in [0, 0.1) is 0 Å². The van der Waals surface area contributed by atoms with Crippen molar-refractivity contribution in [3.05, 3.63) is 83.4 Å². The van der Waals surface area contributed by atoms with Gasteiger partial charge in [-0.05, 0) is 44.5 Å². The Morgan fingerprint density at radius 1 is 0.667 bits per heavy atom. The molecule has 5 aromatic rings. The molecule has 0 bridgehead atoms. The van der Waals surface area contributed by atoms with Crippen LogP contribution in [-0.2, 0) is 0 Å². The summed E-state index contributed by atoms with van der Waals surface area (Å²) < 4.78 is 0. The van der Waals surface area contributed by atoms with Gasteiger partial charge in [-0.15, -0.1) is 0 Å². The summed E-state index contributed by atoms with van der Waals surface area (Å²) in [4.78, 5) is 25.2. The van der Waals surface area contributed by atoms with Gasteiger partial charge in [0.2, 0.25) is 0 Å². The van der Waals surface area contributed by atoms with Gasteiger partial charge in [0.25, 0.3) is 0 Å². The van der Waals surface area contributed by atoms with E-state index in [1.807, 2.05) is 60.7 Å². The number of carboxylic acid groups (broad SMARTS) is 1. The molecule has 6 rings (SSSR count). The molecule has 0 aliphatic heterocycles. The third-order valence-electron chi connectivity index (χ3n) is 5.68. The number of carboxylic acids is 1. The zero-order chi connectivity index (χ0) is 18.3. The summed E-state index contributed by atoms with van der Waals surface area (Å²) in [6.45, 7) is 0. The molecule has 1 aliphatic rings. The minimum atomic E-state index is -0.958. The van der Waals surface area contributed by atoms with Gasteiger partial charge in [0, 0.05) is 21.9 Å². The zero-order valence-electron chi connectivity index (χ0n) is 14.1. The van der Waals surface area contributed by atoms with Crippen LogP contribution < -0.4 is 0 Å². The maximum atomic E-state index is 13.3. The Bertz CT molecular complexity index is 1510. The van der Waals surface area contributed by atoms with Gasteiger partial charge >= 0.3 is 5.97 Å². The molecule has 0 saturated carbocycles. The Morgan fingerprint density at radius 3 is 2.30 bits per heavy atom. The van der Waals surface area contributed by atoms with E-state index in [0.717, 1.165) is 37.7 Å². The maximum absolute atomic E-state index is 13.3. The first-order valence-electron chi connectivity index (χ1n) is 8.77. The van der Waals surface area contributed by atoms with Crippen LogP contribution in [0.4, 0.5) is 0 Å². The first-order chi connectivity index (χ1) is 13.1. The number of fused-ring (bicyclic) bond motifs is 2. The number of aromatic carboxylic acids is 1. The Hall–Kier alpha value is -3.72. The van der Waals surface area contributed by atoms with Crippen LogP contribution in [0.2, 0.25) is 0 Å². The number of hydrogen-bond acceptors (Lipinski definition) is 2. The Kier molecular flexibility index (Phi) is 2.52. The topological polar surface area (TPSA) is 54.4 Å². The molecule has 0 radical (unpaired) electrons. The van der Waals surface area contributed by atoms with Crippen molar-refractivity contribution in [1.29, 1.82) is 0 Å². The highest BCUT2D eigenvalue weighted by molar-refractivity contribution is 6.40. The molecule has 0 spiro atoms. The van der Waals surface area contributed by atoms with Gasteiger partial charge in [0.05, 0.1) is 5.56 Å². The van der Waals surface area contributed by atoms with Crippen molar-refractivity contribution in [2.75, 3.05) is 0 Å². The summed E-state index contributed by atoms with van der Waals surface area (Å²) in [6, 6.07) is 21.0. The number of benzene rings is 5. The molecule has 1 aliphatic carbocycles. The fraction of sp³-hybridized carbons (Fsp3) is 0. The van der Waals surface area contributed by atoms with Crippen LogP contribution in [0.3, 0.4) is 0 Å². The molecule has 0 atom stereocenters. The lowest BCUT2D eigenvalue weighted by Gasteiger charge is -2.21. The normalized spacial score (nSPS) is 12.8. The predicted molar refractivity (Wildman–Crippen MR) is 107 cm³/mol. The lowest BCUT2D eigenvalue weighted by Crippen LogP contribution is -2.10. The quantitative estimate of drug-likeness (QED) is 0.397. The van der Waals surface area contributed by atoms with Gasteiger partial charge in [0.15, 0.2) is 5.78 Å². The first kappa shape index (κ1) is 14.4. The van der Waals surface area contributed by atoms with E-state index in [9.17, 15) is 14.7 Å². The summed E-state index contributed by atoms with van der Waals surface area (Å²) in [5, 5.41) is 16.9. The fourth-order valence-electron chi connectivity index (χ4n) is 4.58. The summed E-state index contributed by atoms with van der Waals surface area (Å²) in [6.07, 6.45) is 0. The first-order valence-corrected chi connectivity index (χ1v) is 8.77. The van der Waals surface area contributed by atoms with E-state index in [1.165, 1.54) is 0 Å². The Balaban J connectivity index is 2.04. The summed E-state index contributed by atoms with van der Waals surface area (Å²) in [5.41, 5.74) is 1.56. The van der Waals surface area contributed by atoms with Crippen LogP contribution in [0.25, 0.3) is 43.1 Å². The van der Waals surface area contributed by atoms with E-state index >= 15 is 0 Å². The lowest BCUT2D eigenvalue weighted by atomic mass is 9.81. The largest absolute Gasteiger partial charge is 0.478 e. The number of carbonyl (C=O) groups is 2. The Morgan fingerprint density at radius 2 is 1.44 bits per heavy atom. The van der Waals surface area contributed by atoms with Crippen molar-refractivity contribution in [2.24, 2.45) is 0 Å². The Labute approximate surface area is 153 Å². The van der Waals surface area contributed by atoms with Crippen molar-refractivity contribution in [3.8, 4) is 0 Å². The second kappa shape index (κ2) is 4.71. The molecule has 3 nitrogen and oxygen atoms in total. The lowest BCUT2D eigenvalue weighted by molar-refractivity contribution is 0.0699. The standard InChI is InChI=1S/C24H12O3/c25-23-17-7-3-5-13-11-18(24(26)27)16-9-8-15-14-6-2-1-4-12(14)10-19(23)21(15)22(16)20(13)17/h1-11H,(H,26,27). The summed E-state index contributed by atoms with van der Waals surface area (Å²) >= 11 is 0. The van der Waals surface area contributed by atoms with E-state index in [4.69, 9.17) is 0 Å². The molecule has 126 valence electrons. The molecule has 0 amide bonds. The van der Waals surface area contributed by atoms with Gasteiger partial charge in [-0.25, -0.2) is 4.79 Å². The molecule has 5 aromatic carbocycles. The summed E-state index contributed by atoms with van der Waals surface area (Å²) in [7, 11) is 0. The van der Waals surface area contributed by atoms with Crippen molar-refractivity contribution in [2.45, 2.75) is 0 Å². The summed E-state index contributed by atoms with van der Waals surface area (Å²) in [5.74, 6) is -0.958. The van der Waals surface area contributed by atoms with Crippen LogP contribution in [0.5, 0.6) is 0 Å². The smallest absolute Gasteiger partial charge is 0.336 e. The van der Waals surface area contributed by atoms with Crippen LogP contribution in [-0.4, -0.2) is 16.9 Å². The average Bonchev–Trinajstić information content (AvgIpc) is 2.70. The molecular weight excluding hydrogens is 336 g/mol. The minimum Gasteiger partial charge on any atom is -0.478 e. The number of hydrogen-bond donors (Lipinski definition) is 1. The van der Waals surface area contributed by atoms with Crippen molar-refractivity contribution in [1.82, 2.24) is 0 Å². The predicted octanol–water partition coefficient (Wildman–Crippen LogP) is 5.54. The number of rotatable bonds is 1. The highest BCUT2D eigenvalue weighted by Gasteiger charge is 2.27.